The lowest BCUT2D eigenvalue weighted by Crippen LogP contribution is -2.14. The molecule has 0 fully saturated rings. The molecule has 1 aliphatic rings. The molecule has 0 N–H and O–H groups in total. The zero-order valence-electron chi connectivity index (χ0n) is 15.3. The number of hydrogen-bond donors (Lipinski definition) is 0. The fraction of sp³-hybridized carbons (Fsp3) is 0.250. The summed E-state index contributed by atoms with van der Waals surface area (Å²) >= 11 is 0. The van der Waals surface area contributed by atoms with Crippen LogP contribution in [0, 0.1) is 10.1 Å². The third kappa shape index (κ3) is 3.48. The normalized spacial score (nSPS) is 14.6. The van der Waals surface area contributed by atoms with Crippen LogP contribution in [-0.2, 0) is 6.42 Å². The lowest BCUT2D eigenvalue weighted by atomic mass is 9.85. The van der Waals surface area contributed by atoms with E-state index in [4.69, 9.17) is 14.2 Å². The van der Waals surface area contributed by atoms with Gasteiger partial charge in [-0.05, 0) is 48.7 Å². The first-order valence-corrected chi connectivity index (χ1v) is 8.31. The van der Waals surface area contributed by atoms with E-state index in [1.165, 1.54) is 26.4 Å². The zero-order chi connectivity index (χ0) is 19.6. The van der Waals surface area contributed by atoms with E-state index < -0.39 is 4.92 Å². The number of aryl methyl sites for hydroxylation is 1. The Bertz CT molecular complexity index is 948. The molecular weight excluding hydrogens is 350 g/mol. The van der Waals surface area contributed by atoms with Crippen molar-refractivity contribution in [3.05, 3.63) is 62.7 Å². The van der Waals surface area contributed by atoms with Crippen LogP contribution in [0.4, 0.5) is 5.69 Å². The van der Waals surface area contributed by atoms with Crippen LogP contribution in [0.1, 0.15) is 27.9 Å². The highest BCUT2D eigenvalue weighted by molar-refractivity contribution is 6.13. The standard InChI is InChI=1S/C20H19NO6/c1-25-15-6-7-16-12(9-15)4-5-13(20(16)22)8-14-10-18(26-2)19(27-3)11-17(14)21(23)24/h6-11H,4-5H2,1-3H3/b13-8-. The van der Waals surface area contributed by atoms with E-state index in [1.807, 2.05) is 6.07 Å². The van der Waals surface area contributed by atoms with Gasteiger partial charge in [0, 0.05) is 11.1 Å². The third-order valence-corrected chi connectivity index (χ3v) is 4.57. The number of nitro groups is 1. The number of allylic oxidation sites excluding steroid dienone is 1. The Morgan fingerprint density at radius 3 is 2.33 bits per heavy atom. The summed E-state index contributed by atoms with van der Waals surface area (Å²) in [5, 5.41) is 11.5. The van der Waals surface area contributed by atoms with Crippen LogP contribution in [0.5, 0.6) is 17.2 Å². The number of rotatable bonds is 5. The van der Waals surface area contributed by atoms with Crippen molar-refractivity contribution in [1.29, 1.82) is 0 Å². The monoisotopic (exact) mass is 369 g/mol. The van der Waals surface area contributed by atoms with E-state index >= 15 is 0 Å². The molecule has 2 aromatic rings. The van der Waals surface area contributed by atoms with Gasteiger partial charge in [-0.25, -0.2) is 0 Å². The Balaban J connectivity index is 2.06. The molecule has 0 unspecified atom stereocenters. The van der Waals surface area contributed by atoms with Crippen LogP contribution in [0.15, 0.2) is 35.9 Å². The molecule has 0 saturated carbocycles. The number of ketones is 1. The maximum atomic E-state index is 12.8. The Labute approximate surface area is 156 Å². The summed E-state index contributed by atoms with van der Waals surface area (Å²) in [6, 6.07) is 8.13. The molecule has 3 rings (SSSR count). The molecule has 27 heavy (non-hydrogen) atoms. The predicted octanol–water partition coefficient (Wildman–Crippen LogP) is 3.83. The molecule has 0 atom stereocenters. The molecule has 2 aromatic carbocycles. The summed E-state index contributed by atoms with van der Waals surface area (Å²) in [5.74, 6) is 1.19. The minimum atomic E-state index is -0.500. The number of ether oxygens (including phenoxy) is 3. The topological polar surface area (TPSA) is 87.9 Å². The van der Waals surface area contributed by atoms with Crippen molar-refractivity contribution in [3.63, 3.8) is 0 Å². The van der Waals surface area contributed by atoms with Gasteiger partial charge in [-0.1, -0.05) is 0 Å². The quantitative estimate of drug-likeness (QED) is 0.452. The number of benzene rings is 2. The van der Waals surface area contributed by atoms with Gasteiger partial charge in [0.2, 0.25) is 0 Å². The van der Waals surface area contributed by atoms with Crippen LogP contribution in [0.25, 0.3) is 6.08 Å². The van der Waals surface area contributed by atoms with Gasteiger partial charge in [0.15, 0.2) is 17.3 Å². The predicted molar refractivity (Wildman–Crippen MR) is 99.8 cm³/mol. The lowest BCUT2D eigenvalue weighted by Gasteiger charge is -2.18. The molecule has 0 heterocycles. The number of fused-ring (bicyclic) bond motifs is 1. The van der Waals surface area contributed by atoms with Crippen LogP contribution in [0.2, 0.25) is 0 Å². The fourth-order valence-electron chi connectivity index (χ4n) is 3.16. The molecule has 0 spiro atoms. The Morgan fingerprint density at radius 1 is 1.00 bits per heavy atom. The number of carbonyl (C=O) groups excluding carboxylic acids is 1. The molecule has 0 bridgehead atoms. The summed E-state index contributed by atoms with van der Waals surface area (Å²) in [6.45, 7) is 0. The Kier molecular flexibility index (Phi) is 5.12. The highest BCUT2D eigenvalue weighted by Crippen LogP contribution is 2.37. The zero-order valence-corrected chi connectivity index (χ0v) is 15.3. The summed E-state index contributed by atoms with van der Waals surface area (Å²) in [5.41, 5.74) is 2.18. The van der Waals surface area contributed by atoms with E-state index in [9.17, 15) is 14.9 Å². The number of Topliss-reactive ketones (excluding diaryl/α,β-unsaturated/α-hetero) is 1. The molecule has 140 valence electrons. The molecule has 1 aliphatic carbocycles. The number of methoxy groups -OCH3 is 3. The average molecular weight is 369 g/mol. The third-order valence-electron chi connectivity index (χ3n) is 4.57. The van der Waals surface area contributed by atoms with E-state index in [2.05, 4.69) is 0 Å². The van der Waals surface area contributed by atoms with Crippen LogP contribution < -0.4 is 14.2 Å². The van der Waals surface area contributed by atoms with Gasteiger partial charge in [-0.3, -0.25) is 14.9 Å². The summed E-state index contributed by atoms with van der Waals surface area (Å²) in [7, 11) is 4.44. The largest absolute Gasteiger partial charge is 0.497 e. The Hall–Kier alpha value is -3.35. The molecular formula is C20H19NO6. The lowest BCUT2D eigenvalue weighted by molar-refractivity contribution is -0.385. The molecule has 0 saturated heterocycles. The first-order valence-electron chi connectivity index (χ1n) is 8.31. The molecule has 0 aromatic heterocycles. The van der Waals surface area contributed by atoms with E-state index in [0.29, 0.717) is 41.0 Å². The second kappa shape index (κ2) is 7.49. The summed E-state index contributed by atoms with van der Waals surface area (Å²) in [6.07, 6.45) is 2.71. The number of nitro benzene ring substituents is 1. The first-order chi connectivity index (χ1) is 13.0. The number of carbonyl (C=O) groups is 1. The van der Waals surface area contributed by atoms with Gasteiger partial charge in [0.25, 0.3) is 5.69 Å². The Morgan fingerprint density at radius 2 is 1.70 bits per heavy atom. The first kappa shape index (κ1) is 18.4. The molecule has 0 aliphatic heterocycles. The maximum absolute atomic E-state index is 12.8. The molecule has 7 heteroatoms. The van der Waals surface area contributed by atoms with Crippen molar-refractivity contribution in [1.82, 2.24) is 0 Å². The van der Waals surface area contributed by atoms with Crippen LogP contribution in [-0.4, -0.2) is 32.0 Å². The van der Waals surface area contributed by atoms with Crippen molar-refractivity contribution in [2.24, 2.45) is 0 Å². The van der Waals surface area contributed by atoms with Gasteiger partial charge in [0.05, 0.1) is 37.9 Å². The van der Waals surface area contributed by atoms with Crippen LogP contribution >= 0.6 is 0 Å². The van der Waals surface area contributed by atoms with Crippen molar-refractivity contribution in [3.8, 4) is 17.2 Å². The minimum Gasteiger partial charge on any atom is -0.497 e. The van der Waals surface area contributed by atoms with Gasteiger partial charge in [0.1, 0.15) is 5.75 Å². The van der Waals surface area contributed by atoms with E-state index in [-0.39, 0.29) is 17.2 Å². The smallest absolute Gasteiger partial charge is 0.280 e. The average Bonchev–Trinajstić information content (AvgIpc) is 2.69. The second-order valence-electron chi connectivity index (χ2n) is 6.04. The second-order valence-corrected chi connectivity index (χ2v) is 6.04. The van der Waals surface area contributed by atoms with Crippen molar-refractivity contribution >= 4 is 17.5 Å². The summed E-state index contributed by atoms with van der Waals surface area (Å²) < 4.78 is 15.6. The van der Waals surface area contributed by atoms with Crippen LogP contribution in [0.3, 0.4) is 0 Å². The van der Waals surface area contributed by atoms with Gasteiger partial charge >= 0.3 is 0 Å². The SMILES string of the molecule is COc1ccc2c(c1)CC/C(=C/c1cc(OC)c(OC)cc1[N+](=O)[O-])C2=O. The molecule has 7 nitrogen and oxygen atoms in total. The van der Waals surface area contributed by atoms with Gasteiger partial charge in [-0.2, -0.15) is 0 Å². The van der Waals surface area contributed by atoms with Crippen molar-refractivity contribution in [2.45, 2.75) is 12.8 Å². The highest BCUT2D eigenvalue weighted by atomic mass is 16.6. The van der Waals surface area contributed by atoms with E-state index in [0.717, 1.165) is 5.56 Å². The number of nitrogens with zero attached hydrogens (tertiary/aromatic N) is 1. The molecule has 0 amide bonds. The highest BCUT2D eigenvalue weighted by Gasteiger charge is 2.25. The minimum absolute atomic E-state index is 0.136. The molecule has 0 radical (unpaired) electrons. The van der Waals surface area contributed by atoms with Gasteiger partial charge < -0.3 is 14.2 Å². The van der Waals surface area contributed by atoms with Gasteiger partial charge in [-0.15, -0.1) is 0 Å². The van der Waals surface area contributed by atoms with E-state index in [1.54, 1.807) is 25.3 Å². The summed E-state index contributed by atoms with van der Waals surface area (Å²) in [4.78, 5) is 23.8. The van der Waals surface area contributed by atoms with Crippen molar-refractivity contribution in [2.75, 3.05) is 21.3 Å². The fourth-order valence-corrected chi connectivity index (χ4v) is 3.16. The number of hydrogen-bond acceptors (Lipinski definition) is 6. The van der Waals surface area contributed by atoms with Crippen molar-refractivity contribution < 1.29 is 23.9 Å². The maximum Gasteiger partial charge on any atom is 0.280 e.